The van der Waals surface area contributed by atoms with Crippen molar-refractivity contribution in [3.63, 3.8) is 0 Å². The molecule has 0 saturated heterocycles. The SMILES string of the molecule is COC(=O)C[C@H]1C(=O)Nc2sc(C)c(Br)c2CN1C(=O)OCc1ccccc1.COC(=O)C[C@H]1C(=O)Nc2sc(C)cc2CN1C(=O)OCc1ccccc1. The Kier molecular flexibility index (Phi) is 14.0. The molecule has 2 atom stereocenters. The van der Waals surface area contributed by atoms with Crippen LogP contribution in [0.3, 0.4) is 0 Å². The van der Waals surface area contributed by atoms with Gasteiger partial charge in [-0.25, -0.2) is 9.59 Å². The summed E-state index contributed by atoms with van der Waals surface area (Å²) in [7, 11) is 2.49. The number of ether oxygens (including phenoxy) is 4. The molecule has 17 heteroatoms. The fraction of sp³-hybridized carbons (Fsp3) is 0.316. The normalized spacial score (nSPS) is 16.1. The number of carbonyl (C=O) groups is 6. The van der Waals surface area contributed by atoms with Crippen LogP contribution < -0.4 is 10.6 Å². The summed E-state index contributed by atoms with van der Waals surface area (Å²) in [5.74, 6) is -2.04. The first-order chi connectivity index (χ1) is 26.4. The lowest BCUT2D eigenvalue weighted by molar-refractivity contribution is -0.144. The van der Waals surface area contributed by atoms with Crippen molar-refractivity contribution in [1.29, 1.82) is 0 Å². The molecule has 4 aromatic rings. The summed E-state index contributed by atoms with van der Waals surface area (Å²) < 4.78 is 21.0. The summed E-state index contributed by atoms with van der Waals surface area (Å²) >= 11 is 6.36. The monoisotopic (exact) mass is 854 g/mol. The van der Waals surface area contributed by atoms with E-state index in [0.29, 0.717) is 10.0 Å². The molecular weight excluding hydrogens is 816 g/mol. The third-order valence-corrected chi connectivity index (χ3v) is 12.0. The van der Waals surface area contributed by atoms with Crippen LogP contribution in [0.15, 0.2) is 71.2 Å². The van der Waals surface area contributed by atoms with E-state index in [0.717, 1.165) is 36.5 Å². The molecule has 0 saturated carbocycles. The van der Waals surface area contributed by atoms with E-state index in [4.69, 9.17) is 14.2 Å². The second kappa shape index (κ2) is 18.9. The van der Waals surface area contributed by atoms with E-state index in [1.807, 2.05) is 80.6 Å². The molecule has 290 valence electrons. The Morgan fingerprint density at radius 1 is 0.727 bits per heavy atom. The van der Waals surface area contributed by atoms with E-state index in [1.165, 1.54) is 46.7 Å². The Morgan fingerprint density at radius 3 is 1.69 bits per heavy atom. The standard InChI is InChI=1S/C19H19BrN2O5S.C19H20N2O5S/c1-11-16(20)13-9-22(19(25)27-10-12-6-4-3-5-7-12)14(8-15(23)26-2)17(24)21-18(13)28-11;1-12-8-14-10-21(19(24)26-11-13-6-4-3-5-7-13)15(9-16(22)25-2)17(23)20-18(14)27-12/h3-7,14H,8-10H2,1-2H3,(H,21,24);3-8,15H,9-11H2,1-2H3,(H,20,23)/t14-;15-/m00/s1. The van der Waals surface area contributed by atoms with Crippen molar-refractivity contribution < 1.29 is 47.7 Å². The van der Waals surface area contributed by atoms with E-state index in [2.05, 4.69) is 31.3 Å². The number of fused-ring (bicyclic) bond motifs is 2. The zero-order chi connectivity index (χ0) is 39.6. The van der Waals surface area contributed by atoms with Crippen molar-refractivity contribution in [1.82, 2.24) is 9.80 Å². The van der Waals surface area contributed by atoms with E-state index < -0.39 is 48.0 Å². The van der Waals surface area contributed by atoms with Crippen molar-refractivity contribution in [3.8, 4) is 0 Å². The number of hydrogen-bond acceptors (Lipinski definition) is 12. The Labute approximate surface area is 333 Å². The number of nitrogens with one attached hydrogen (secondary N) is 2. The minimum atomic E-state index is -1.03. The molecule has 0 unspecified atom stereocenters. The van der Waals surface area contributed by atoms with Gasteiger partial charge in [-0.2, -0.15) is 0 Å². The van der Waals surface area contributed by atoms with Crippen LogP contribution in [0.2, 0.25) is 0 Å². The number of anilines is 2. The van der Waals surface area contributed by atoms with Gasteiger partial charge in [0.05, 0.1) is 40.2 Å². The fourth-order valence-electron chi connectivity index (χ4n) is 5.73. The van der Waals surface area contributed by atoms with Gasteiger partial charge in [0.25, 0.3) is 0 Å². The lowest BCUT2D eigenvalue weighted by atomic mass is 10.1. The predicted octanol–water partition coefficient (Wildman–Crippen LogP) is 6.92. The maximum absolute atomic E-state index is 12.8. The van der Waals surface area contributed by atoms with Crippen LogP contribution in [-0.4, -0.2) is 72.0 Å². The third kappa shape index (κ3) is 10.5. The van der Waals surface area contributed by atoms with Crippen LogP contribution >= 0.6 is 38.6 Å². The van der Waals surface area contributed by atoms with Crippen LogP contribution in [0.1, 0.15) is 44.8 Å². The van der Waals surface area contributed by atoms with Gasteiger partial charge in [0.2, 0.25) is 11.8 Å². The minimum Gasteiger partial charge on any atom is -0.469 e. The summed E-state index contributed by atoms with van der Waals surface area (Å²) in [4.78, 5) is 79.2. The Balaban J connectivity index is 0.000000211. The average Bonchev–Trinajstić information content (AvgIpc) is 3.57. The molecule has 0 bridgehead atoms. The summed E-state index contributed by atoms with van der Waals surface area (Å²) in [6.45, 7) is 4.30. The second-order valence-electron chi connectivity index (χ2n) is 12.4. The highest BCUT2D eigenvalue weighted by Gasteiger charge is 2.39. The molecule has 2 aliphatic heterocycles. The van der Waals surface area contributed by atoms with E-state index in [-0.39, 0.29) is 39.1 Å². The number of hydrogen-bond donors (Lipinski definition) is 2. The molecule has 14 nitrogen and oxygen atoms in total. The van der Waals surface area contributed by atoms with Gasteiger partial charge in [0.1, 0.15) is 35.3 Å². The number of nitrogens with zero attached hydrogens (tertiary/aromatic N) is 2. The van der Waals surface area contributed by atoms with Crippen LogP contribution in [0, 0.1) is 13.8 Å². The molecule has 2 aromatic heterocycles. The number of benzene rings is 2. The fourth-order valence-corrected chi connectivity index (χ4v) is 8.32. The number of rotatable bonds is 8. The zero-order valence-electron chi connectivity index (χ0n) is 30.4. The van der Waals surface area contributed by atoms with Gasteiger partial charge in [-0.05, 0) is 47.0 Å². The minimum absolute atomic E-state index is 0.0689. The van der Waals surface area contributed by atoms with Gasteiger partial charge in [-0.1, -0.05) is 60.7 Å². The lowest BCUT2D eigenvalue weighted by Crippen LogP contribution is -2.46. The van der Waals surface area contributed by atoms with Crippen molar-refractivity contribution in [2.75, 3.05) is 24.9 Å². The number of amides is 4. The molecular formula is C38H39BrN4O10S2. The molecule has 0 fully saturated rings. The summed E-state index contributed by atoms with van der Waals surface area (Å²) in [6.07, 6.45) is -1.82. The number of carbonyl (C=O) groups excluding carboxylic acids is 6. The van der Waals surface area contributed by atoms with Crippen molar-refractivity contribution in [2.24, 2.45) is 0 Å². The Morgan fingerprint density at radius 2 is 1.20 bits per heavy atom. The van der Waals surface area contributed by atoms with Gasteiger partial charge in [0.15, 0.2) is 0 Å². The summed E-state index contributed by atoms with van der Waals surface area (Å²) in [5, 5.41) is 6.96. The molecule has 0 aliphatic carbocycles. The number of methoxy groups -OCH3 is 2. The number of thiophene rings is 2. The van der Waals surface area contributed by atoms with Gasteiger partial charge in [-0.15, -0.1) is 22.7 Å². The quantitative estimate of drug-likeness (QED) is 0.140. The number of halogens is 1. The molecule has 2 aromatic carbocycles. The Bertz CT molecular complexity index is 2040. The largest absolute Gasteiger partial charge is 0.469 e. The lowest BCUT2D eigenvalue weighted by Gasteiger charge is -2.27. The first-order valence-corrected chi connectivity index (χ1v) is 19.4. The second-order valence-corrected chi connectivity index (χ2v) is 15.7. The highest BCUT2D eigenvalue weighted by Crippen LogP contribution is 2.40. The molecule has 4 amide bonds. The maximum atomic E-state index is 12.8. The average molecular weight is 856 g/mol. The highest BCUT2D eigenvalue weighted by atomic mass is 79.9. The number of esters is 2. The summed E-state index contributed by atoms with van der Waals surface area (Å²) in [6, 6.07) is 18.4. The molecule has 2 aliphatic rings. The van der Waals surface area contributed by atoms with Crippen molar-refractivity contribution in [3.05, 3.63) is 103 Å². The molecule has 0 radical (unpaired) electrons. The smallest absolute Gasteiger partial charge is 0.411 e. The Hall–Kier alpha value is -5.26. The molecule has 0 spiro atoms. The van der Waals surface area contributed by atoms with E-state index in [9.17, 15) is 28.8 Å². The van der Waals surface area contributed by atoms with Crippen LogP contribution in [0.25, 0.3) is 0 Å². The number of aryl methyl sites for hydroxylation is 2. The molecule has 55 heavy (non-hydrogen) atoms. The van der Waals surface area contributed by atoms with Gasteiger partial charge in [0, 0.05) is 25.4 Å². The maximum Gasteiger partial charge on any atom is 0.411 e. The first kappa shape index (κ1) is 40.9. The van der Waals surface area contributed by atoms with Crippen molar-refractivity contribution in [2.45, 2.75) is 65.1 Å². The van der Waals surface area contributed by atoms with Crippen LogP contribution in [0.4, 0.5) is 19.6 Å². The van der Waals surface area contributed by atoms with E-state index in [1.54, 1.807) is 0 Å². The zero-order valence-corrected chi connectivity index (χ0v) is 33.6. The third-order valence-electron chi connectivity index (χ3n) is 8.59. The first-order valence-electron chi connectivity index (χ1n) is 17.0. The molecule has 6 rings (SSSR count). The van der Waals surface area contributed by atoms with Crippen LogP contribution in [-0.2, 0) is 64.4 Å². The molecule has 4 heterocycles. The van der Waals surface area contributed by atoms with Crippen LogP contribution in [0.5, 0.6) is 0 Å². The summed E-state index contributed by atoms with van der Waals surface area (Å²) in [5.41, 5.74) is 3.25. The van der Waals surface area contributed by atoms with Gasteiger partial charge >= 0.3 is 24.1 Å². The predicted molar refractivity (Wildman–Crippen MR) is 208 cm³/mol. The highest BCUT2D eigenvalue weighted by molar-refractivity contribution is 9.10. The van der Waals surface area contributed by atoms with Gasteiger partial charge in [-0.3, -0.25) is 29.0 Å². The van der Waals surface area contributed by atoms with Crippen molar-refractivity contribution >= 4 is 84.5 Å². The van der Waals surface area contributed by atoms with E-state index >= 15 is 0 Å². The topological polar surface area (TPSA) is 170 Å². The van der Waals surface area contributed by atoms with Gasteiger partial charge < -0.3 is 29.6 Å². The molecule has 2 N–H and O–H groups in total.